The number of rotatable bonds is 34. The van der Waals surface area contributed by atoms with E-state index < -0.39 is 65.5 Å². The monoisotopic (exact) mass is 876 g/mol. The van der Waals surface area contributed by atoms with Crippen molar-refractivity contribution < 1.29 is 43.8 Å². The van der Waals surface area contributed by atoms with Gasteiger partial charge in [0.15, 0.2) is 25.0 Å². The number of ether oxygens (including phenoxy) is 1. The van der Waals surface area contributed by atoms with Crippen LogP contribution in [0.2, 0.25) is 104 Å². The summed E-state index contributed by atoms with van der Waals surface area (Å²) in [4.78, 5) is 0. The maximum Gasteiger partial charge on any atom is 0.470 e. The highest BCUT2D eigenvalue weighted by Crippen LogP contribution is 2.33. The maximum absolute atomic E-state index is 9.72. The molecular weight excluding hydrogens is 793 g/mol. The summed E-state index contributed by atoms with van der Waals surface area (Å²) in [5, 5.41) is 18.9. The summed E-state index contributed by atoms with van der Waals surface area (Å²) < 4.78 is 53.8. The van der Waals surface area contributed by atoms with Crippen molar-refractivity contribution in [2.45, 2.75) is 200 Å². The van der Waals surface area contributed by atoms with Crippen LogP contribution in [0.4, 0.5) is 0 Å². The number of unbranched alkanes of at least 4 members (excludes halogenated alkanes) is 11. The van der Waals surface area contributed by atoms with Gasteiger partial charge in [-0.2, -0.15) is 0 Å². The van der Waals surface area contributed by atoms with Gasteiger partial charge in [-0.15, -0.1) is 0 Å². The molecule has 0 fully saturated rings. The van der Waals surface area contributed by atoms with Crippen LogP contribution in [0.3, 0.4) is 0 Å². The molecular formula is C34H84O10Si8. The Labute approximate surface area is 331 Å². The van der Waals surface area contributed by atoms with E-state index in [-0.39, 0.29) is 23.2 Å². The van der Waals surface area contributed by atoms with Gasteiger partial charge in [-0.1, -0.05) is 84.0 Å². The van der Waals surface area contributed by atoms with Crippen molar-refractivity contribution in [2.24, 2.45) is 0 Å². The SMILES string of the molecule is CCCCCCCCCCCCCC[Si](C)(O[Si](C)(C)O[Si](C)(C)C)O[Si](C)(O[Si]O[Si](C)(C)C)O[Si](C)(CCCOCC(O)CO)O[Si](C)(C)C. The van der Waals surface area contributed by atoms with E-state index in [1.54, 1.807) is 0 Å². The van der Waals surface area contributed by atoms with E-state index in [0.717, 1.165) is 18.9 Å². The average Bonchev–Trinajstić information content (AvgIpc) is 2.93. The molecule has 0 heterocycles. The predicted molar refractivity (Wildman–Crippen MR) is 235 cm³/mol. The largest absolute Gasteiger partial charge is 0.470 e. The summed E-state index contributed by atoms with van der Waals surface area (Å²) in [6.07, 6.45) is 15.4. The van der Waals surface area contributed by atoms with Crippen LogP contribution in [0.25, 0.3) is 0 Å². The molecule has 18 heteroatoms. The highest BCUT2D eigenvalue weighted by molar-refractivity contribution is 6.91. The summed E-state index contributed by atoms with van der Waals surface area (Å²) in [7, 11) is -17.7. The van der Waals surface area contributed by atoms with Gasteiger partial charge in [0.05, 0.1) is 13.2 Å². The minimum atomic E-state index is -3.40. The Kier molecular flexibility index (Phi) is 26.3. The van der Waals surface area contributed by atoms with Crippen molar-refractivity contribution in [3.8, 4) is 0 Å². The van der Waals surface area contributed by atoms with Crippen molar-refractivity contribution in [3.05, 3.63) is 0 Å². The van der Waals surface area contributed by atoms with Gasteiger partial charge in [-0.05, 0) is 104 Å². The summed E-state index contributed by atoms with van der Waals surface area (Å²) in [5.41, 5.74) is 0. The Morgan fingerprint density at radius 3 is 1.38 bits per heavy atom. The van der Waals surface area contributed by atoms with Gasteiger partial charge in [0.2, 0.25) is 0 Å². The summed E-state index contributed by atoms with van der Waals surface area (Å²) in [6.45, 7) is 32.8. The molecule has 0 rings (SSSR count). The van der Waals surface area contributed by atoms with Gasteiger partial charge in [-0.3, -0.25) is 0 Å². The van der Waals surface area contributed by atoms with Crippen molar-refractivity contribution in [3.63, 3.8) is 0 Å². The molecule has 0 aromatic rings. The van der Waals surface area contributed by atoms with Crippen molar-refractivity contribution in [2.75, 3.05) is 19.8 Å². The Balaban J connectivity index is 6.08. The Hall–Kier alpha value is 1.34. The summed E-state index contributed by atoms with van der Waals surface area (Å²) >= 11 is 0. The topological polar surface area (TPSA) is 114 Å². The van der Waals surface area contributed by atoms with Crippen LogP contribution in [-0.4, -0.2) is 106 Å². The zero-order chi connectivity index (χ0) is 40.2. The molecule has 0 saturated carbocycles. The highest BCUT2D eigenvalue weighted by atomic mass is 28.5. The fourth-order valence-electron chi connectivity index (χ4n) is 6.29. The second kappa shape index (κ2) is 25.6. The lowest BCUT2D eigenvalue weighted by molar-refractivity contribution is 0.00621. The molecule has 0 aliphatic carbocycles. The van der Waals surface area contributed by atoms with E-state index in [2.05, 4.69) is 92.0 Å². The molecule has 0 aromatic heterocycles. The van der Waals surface area contributed by atoms with Crippen LogP contribution in [0.5, 0.6) is 0 Å². The van der Waals surface area contributed by atoms with Gasteiger partial charge in [0.1, 0.15) is 6.10 Å². The van der Waals surface area contributed by atoms with Crippen molar-refractivity contribution >= 4 is 69.4 Å². The van der Waals surface area contributed by atoms with E-state index in [1.165, 1.54) is 64.2 Å². The fraction of sp³-hybridized carbons (Fsp3) is 1.00. The lowest BCUT2D eigenvalue weighted by Crippen LogP contribution is -2.63. The first-order valence-electron chi connectivity index (χ1n) is 20.2. The van der Waals surface area contributed by atoms with Gasteiger partial charge >= 0.3 is 44.5 Å². The van der Waals surface area contributed by atoms with E-state index in [4.69, 9.17) is 38.6 Å². The number of hydrogen-bond acceptors (Lipinski definition) is 10. The quantitative estimate of drug-likeness (QED) is 0.0479. The molecule has 0 aliphatic rings. The third-order valence-corrected chi connectivity index (χ3v) is 33.7. The first-order chi connectivity index (χ1) is 23.8. The lowest BCUT2D eigenvalue weighted by atomic mass is 10.1. The summed E-state index contributed by atoms with van der Waals surface area (Å²) in [6, 6.07) is 1.52. The van der Waals surface area contributed by atoms with Gasteiger partial charge in [0.25, 0.3) is 0 Å². The van der Waals surface area contributed by atoms with Crippen molar-refractivity contribution in [1.29, 1.82) is 0 Å². The lowest BCUT2D eigenvalue weighted by Gasteiger charge is -2.45. The second-order valence-electron chi connectivity index (χ2n) is 18.3. The van der Waals surface area contributed by atoms with E-state index in [1.807, 2.05) is 6.55 Å². The van der Waals surface area contributed by atoms with E-state index in [9.17, 15) is 5.11 Å². The molecule has 0 amide bonds. The smallest absolute Gasteiger partial charge is 0.437 e. The second-order valence-corrected chi connectivity index (χ2v) is 46.9. The standard InChI is InChI=1S/C34H84O10Si8/c1-16-17-18-19-20-21-22-23-24-25-26-27-30-51(14,42-49(11,12)40-47(5,6)7)44-52(15,39-45-38-46(2,3)4)43-50(13,41-48(8,9)10)31-28-29-37-33-34(36)32-35/h34-36H,16-33H2,1-15H3. The molecule has 0 aromatic carbocycles. The summed E-state index contributed by atoms with van der Waals surface area (Å²) in [5.74, 6) is 0. The Morgan fingerprint density at radius 2 is 0.942 bits per heavy atom. The third kappa shape index (κ3) is 30.5. The molecule has 2 N–H and O–H groups in total. The maximum atomic E-state index is 9.72. The first-order valence-corrected chi connectivity index (χ1v) is 41.4. The molecule has 52 heavy (non-hydrogen) atoms. The minimum absolute atomic E-state index is 0.0952. The third-order valence-electron chi connectivity index (χ3n) is 7.84. The first kappa shape index (κ1) is 53.3. The Morgan fingerprint density at radius 1 is 0.500 bits per heavy atom. The van der Waals surface area contributed by atoms with E-state index in [0.29, 0.717) is 19.1 Å². The molecule has 312 valence electrons. The van der Waals surface area contributed by atoms with Crippen LogP contribution in [0, 0.1) is 0 Å². The number of hydrogen-bond donors (Lipinski definition) is 2. The van der Waals surface area contributed by atoms with Crippen molar-refractivity contribution in [1.82, 2.24) is 0 Å². The highest BCUT2D eigenvalue weighted by Gasteiger charge is 2.53. The van der Waals surface area contributed by atoms with Gasteiger partial charge in [0, 0.05) is 13.2 Å². The zero-order valence-electron chi connectivity index (χ0n) is 36.5. The van der Waals surface area contributed by atoms with Gasteiger partial charge < -0.3 is 43.8 Å². The van der Waals surface area contributed by atoms with E-state index >= 15 is 0 Å². The molecule has 0 saturated heterocycles. The molecule has 0 spiro atoms. The normalized spacial score (nSPS) is 17.5. The van der Waals surface area contributed by atoms with Gasteiger partial charge in [-0.25, -0.2) is 0 Å². The molecule has 4 atom stereocenters. The van der Waals surface area contributed by atoms with Crippen LogP contribution < -0.4 is 0 Å². The average molecular weight is 878 g/mol. The minimum Gasteiger partial charge on any atom is -0.437 e. The number of aliphatic hydroxyl groups excluding tert-OH is 2. The zero-order valence-corrected chi connectivity index (χ0v) is 44.5. The Bertz CT molecular complexity index is 922. The molecule has 10 nitrogen and oxygen atoms in total. The van der Waals surface area contributed by atoms with Crippen LogP contribution >= 0.6 is 0 Å². The molecule has 0 aliphatic heterocycles. The predicted octanol–water partition coefficient (Wildman–Crippen LogP) is 10.0. The molecule has 2 radical (unpaired) electrons. The van der Waals surface area contributed by atoms with Crippen LogP contribution in [0.15, 0.2) is 0 Å². The van der Waals surface area contributed by atoms with Crippen LogP contribution in [0.1, 0.15) is 90.4 Å². The molecule has 4 unspecified atom stereocenters. The molecule has 0 bridgehead atoms. The van der Waals surface area contributed by atoms with Crippen LogP contribution in [-0.2, 0) is 33.5 Å². The fourth-order valence-corrected chi connectivity index (χ4v) is 36.5. The number of aliphatic hydroxyl groups is 2.